The average Bonchev–Trinajstić information content (AvgIpc) is 3.45. The van der Waals surface area contributed by atoms with Gasteiger partial charge in [-0.25, -0.2) is 23.7 Å². The van der Waals surface area contributed by atoms with Crippen LogP contribution in [0, 0.1) is 11.6 Å². The second-order valence-corrected chi connectivity index (χ2v) is 9.29. The standard InChI is InChI=1S/C25H27F2N7O/c1-32-14-18-13-17(32)15-34(18)22-3-2-16(12-20(22)26)30-25-29-7-5-21(31-25)19-4-6-28-24(23(19)27)33-8-10-35-11-9-33/h2-7,12,17-18H,8-11,13-15H2,1H3,(H,29,30,31). The van der Waals surface area contributed by atoms with Crippen molar-refractivity contribution in [3.63, 3.8) is 0 Å². The molecule has 0 radical (unpaired) electrons. The molecule has 1 N–H and O–H groups in total. The SMILES string of the molecule is CN1CC2CC1CN2c1ccc(Nc2nccc(-c3ccnc(N4CCOCC4)c3F)n2)cc1F. The molecular formula is C25H27F2N7O. The smallest absolute Gasteiger partial charge is 0.227 e. The molecule has 0 aliphatic carbocycles. The van der Waals surface area contributed by atoms with Crippen LogP contribution in [0.15, 0.2) is 42.7 Å². The van der Waals surface area contributed by atoms with Crippen LogP contribution >= 0.6 is 0 Å². The first-order valence-electron chi connectivity index (χ1n) is 11.9. The fourth-order valence-corrected chi connectivity index (χ4v) is 5.30. The van der Waals surface area contributed by atoms with E-state index in [1.165, 1.54) is 6.07 Å². The van der Waals surface area contributed by atoms with E-state index < -0.39 is 5.82 Å². The number of nitrogens with zero attached hydrogens (tertiary/aromatic N) is 6. The van der Waals surface area contributed by atoms with Gasteiger partial charge < -0.3 is 19.9 Å². The predicted molar refractivity (Wildman–Crippen MR) is 130 cm³/mol. The molecule has 2 unspecified atom stereocenters. The molecule has 0 spiro atoms. The molecule has 2 aromatic heterocycles. The van der Waals surface area contributed by atoms with E-state index in [-0.39, 0.29) is 11.8 Å². The van der Waals surface area contributed by atoms with E-state index in [2.05, 4.69) is 37.1 Å². The summed E-state index contributed by atoms with van der Waals surface area (Å²) >= 11 is 0. The summed E-state index contributed by atoms with van der Waals surface area (Å²) in [7, 11) is 2.13. The summed E-state index contributed by atoms with van der Waals surface area (Å²) in [5.41, 5.74) is 1.92. The van der Waals surface area contributed by atoms with Crippen molar-refractivity contribution in [2.24, 2.45) is 0 Å². The quantitative estimate of drug-likeness (QED) is 0.598. The van der Waals surface area contributed by atoms with Crippen LogP contribution in [0.1, 0.15) is 6.42 Å². The Balaban J connectivity index is 1.21. The number of nitrogens with one attached hydrogen (secondary N) is 1. The third kappa shape index (κ3) is 4.17. The molecule has 0 saturated carbocycles. The molecule has 10 heteroatoms. The minimum absolute atomic E-state index is 0.264. The minimum Gasteiger partial charge on any atom is -0.378 e. The number of morpholine rings is 1. The molecule has 3 aliphatic rings. The van der Waals surface area contributed by atoms with Crippen LogP contribution in [0.4, 0.5) is 31.9 Å². The Labute approximate surface area is 202 Å². The predicted octanol–water partition coefficient (Wildman–Crippen LogP) is 3.29. The highest BCUT2D eigenvalue weighted by atomic mass is 19.1. The maximum atomic E-state index is 15.4. The fraction of sp³-hybridized carbons (Fsp3) is 0.400. The van der Waals surface area contributed by atoms with Crippen molar-refractivity contribution in [1.29, 1.82) is 0 Å². The summed E-state index contributed by atoms with van der Waals surface area (Å²) in [5.74, 6) is -0.157. The molecule has 3 aromatic rings. The first-order chi connectivity index (χ1) is 17.1. The lowest BCUT2D eigenvalue weighted by Crippen LogP contribution is -2.44. The number of likely N-dealkylation sites (N-methyl/N-ethyl adjacent to an activating group) is 1. The summed E-state index contributed by atoms with van der Waals surface area (Å²) in [6.45, 7) is 4.06. The summed E-state index contributed by atoms with van der Waals surface area (Å²) in [6, 6.07) is 9.19. The first kappa shape index (κ1) is 22.1. The van der Waals surface area contributed by atoms with Crippen LogP contribution in [-0.4, -0.2) is 78.4 Å². The number of anilines is 4. The monoisotopic (exact) mass is 479 g/mol. The van der Waals surface area contributed by atoms with Gasteiger partial charge in [-0.3, -0.25) is 4.90 Å². The highest BCUT2D eigenvalue weighted by Gasteiger charge is 2.42. The average molecular weight is 480 g/mol. The molecule has 3 saturated heterocycles. The number of piperazine rings is 1. The van der Waals surface area contributed by atoms with Gasteiger partial charge in [0.15, 0.2) is 11.6 Å². The zero-order chi connectivity index (χ0) is 23.9. The Kier molecular flexibility index (Phi) is 5.69. The highest BCUT2D eigenvalue weighted by Crippen LogP contribution is 2.36. The zero-order valence-electron chi connectivity index (χ0n) is 19.5. The van der Waals surface area contributed by atoms with Crippen LogP contribution in [0.3, 0.4) is 0 Å². The lowest BCUT2D eigenvalue weighted by atomic mass is 10.1. The molecule has 35 heavy (non-hydrogen) atoms. The van der Waals surface area contributed by atoms with Crippen LogP contribution < -0.4 is 15.1 Å². The number of likely N-dealkylation sites (tertiary alicyclic amines) is 1. The van der Waals surface area contributed by atoms with Gasteiger partial charge in [0.05, 0.1) is 24.6 Å². The van der Waals surface area contributed by atoms with Gasteiger partial charge in [0.25, 0.3) is 0 Å². The Morgan fingerprint density at radius 1 is 1.00 bits per heavy atom. The normalized spacial score (nSPS) is 22.1. The van der Waals surface area contributed by atoms with Crippen molar-refractivity contribution in [2.75, 3.05) is 61.6 Å². The Morgan fingerprint density at radius 2 is 1.83 bits per heavy atom. The van der Waals surface area contributed by atoms with E-state index in [9.17, 15) is 0 Å². The Bertz CT molecular complexity index is 1230. The number of pyridine rings is 1. The zero-order valence-corrected chi connectivity index (χ0v) is 19.5. The van der Waals surface area contributed by atoms with Crippen LogP contribution in [0.2, 0.25) is 0 Å². The maximum absolute atomic E-state index is 15.4. The number of fused-ring (bicyclic) bond motifs is 2. The van der Waals surface area contributed by atoms with Crippen molar-refractivity contribution in [2.45, 2.75) is 18.5 Å². The maximum Gasteiger partial charge on any atom is 0.227 e. The molecule has 5 heterocycles. The van der Waals surface area contributed by atoms with Crippen molar-refractivity contribution < 1.29 is 13.5 Å². The third-order valence-corrected chi connectivity index (χ3v) is 7.14. The molecule has 8 nitrogen and oxygen atoms in total. The van der Waals surface area contributed by atoms with Crippen molar-refractivity contribution >= 4 is 23.1 Å². The highest BCUT2D eigenvalue weighted by molar-refractivity contribution is 5.67. The number of benzene rings is 1. The van der Waals surface area contributed by atoms with Gasteiger partial charge >= 0.3 is 0 Å². The first-order valence-corrected chi connectivity index (χ1v) is 11.9. The van der Waals surface area contributed by atoms with Gasteiger partial charge in [-0.15, -0.1) is 0 Å². The Morgan fingerprint density at radius 3 is 2.57 bits per heavy atom. The van der Waals surface area contributed by atoms with E-state index in [1.54, 1.807) is 30.6 Å². The van der Waals surface area contributed by atoms with E-state index in [0.29, 0.717) is 66.8 Å². The number of halogens is 2. The molecular weight excluding hydrogens is 452 g/mol. The van der Waals surface area contributed by atoms with Gasteiger partial charge in [0, 0.05) is 61.9 Å². The second kappa shape index (κ2) is 9.01. The number of hydrogen-bond donors (Lipinski definition) is 1. The largest absolute Gasteiger partial charge is 0.378 e. The van der Waals surface area contributed by atoms with Crippen molar-refractivity contribution in [3.05, 3.63) is 54.4 Å². The molecule has 2 bridgehead atoms. The summed E-state index contributed by atoms with van der Waals surface area (Å²) in [4.78, 5) is 19.3. The molecule has 6 rings (SSSR count). The summed E-state index contributed by atoms with van der Waals surface area (Å²) < 4.78 is 35.7. The molecule has 2 atom stereocenters. The van der Waals surface area contributed by atoms with E-state index >= 15 is 8.78 Å². The topological polar surface area (TPSA) is 69.7 Å². The third-order valence-electron chi connectivity index (χ3n) is 7.14. The minimum atomic E-state index is -0.431. The molecule has 3 aliphatic heterocycles. The fourth-order valence-electron chi connectivity index (χ4n) is 5.30. The second-order valence-electron chi connectivity index (χ2n) is 9.29. The molecule has 0 amide bonds. The van der Waals surface area contributed by atoms with E-state index in [1.807, 2.05) is 11.0 Å². The lowest BCUT2D eigenvalue weighted by molar-refractivity contribution is 0.122. The van der Waals surface area contributed by atoms with E-state index in [0.717, 1.165) is 19.5 Å². The van der Waals surface area contributed by atoms with E-state index in [4.69, 9.17) is 4.74 Å². The number of rotatable bonds is 5. The van der Waals surface area contributed by atoms with Gasteiger partial charge in [0.1, 0.15) is 5.82 Å². The lowest BCUT2D eigenvalue weighted by Gasteiger charge is -2.33. The summed E-state index contributed by atoms with van der Waals surface area (Å²) in [6.07, 6.45) is 4.21. The van der Waals surface area contributed by atoms with Crippen LogP contribution in [-0.2, 0) is 4.74 Å². The molecule has 182 valence electrons. The molecule has 1 aromatic carbocycles. The van der Waals surface area contributed by atoms with Gasteiger partial charge in [-0.05, 0) is 43.8 Å². The van der Waals surface area contributed by atoms with Crippen LogP contribution in [0.5, 0.6) is 0 Å². The summed E-state index contributed by atoms with van der Waals surface area (Å²) in [5, 5.41) is 3.06. The number of ether oxygens (including phenoxy) is 1. The van der Waals surface area contributed by atoms with Crippen LogP contribution in [0.25, 0.3) is 11.3 Å². The van der Waals surface area contributed by atoms with Crippen molar-refractivity contribution in [3.8, 4) is 11.3 Å². The number of aromatic nitrogens is 3. The molecule has 3 fully saturated rings. The van der Waals surface area contributed by atoms with Gasteiger partial charge in [-0.1, -0.05) is 0 Å². The number of hydrogen-bond acceptors (Lipinski definition) is 8. The van der Waals surface area contributed by atoms with Gasteiger partial charge in [-0.2, -0.15) is 0 Å². The van der Waals surface area contributed by atoms with Crippen molar-refractivity contribution in [1.82, 2.24) is 19.9 Å². The van der Waals surface area contributed by atoms with Gasteiger partial charge in [0.2, 0.25) is 5.95 Å². The Hall–Kier alpha value is -3.37.